The van der Waals surface area contributed by atoms with Gasteiger partial charge in [0.15, 0.2) is 5.82 Å². The molecule has 2 aromatic carbocycles. The second-order valence-corrected chi connectivity index (χ2v) is 6.46. The average molecular weight is 380 g/mol. The quantitative estimate of drug-likeness (QED) is 0.534. The molecule has 0 radical (unpaired) electrons. The number of hydrogen-bond acceptors (Lipinski definition) is 5. The van der Waals surface area contributed by atoms with Gasteiger partial charge < -0.3 is 10.1 Å². The highest BCUT2D eigenvalue weighted by atomic mass is 35.5. The van der Waals surface area contributed by atoms with Crippen molar-refractivity contribution >= 4 is 28.9 Å². The Morgan fingerprint density at radius 1 is 1.04 bits per heavy atom. The molecule has 0 saturated heterocycles. The zero-order chi connectivity index (χ0) is 18.8. The van der Waals surface area contributed by atoms with Gasteiger partial charge in [0.1, 0.15) is 11.6 Å². The molecule has 2 aromatic heterocycles. The van der Waals surface area contributed by atoms with Crippen LogP contribution in [0.1, 0.15) is 12.6 Å². The van der Waals surface area contributed by atoms with Crippen molar-refractivity contribution in [3.05, 3.63) is 65.3 Å². The van der Waals surface area contributed by atoms with Gasteiger partial charge in [0, 0.05) is 28.0 Å². The number of fused-ring (bicyclic) bond motifs is 1. The van der Waals surface area contributed by atoms with E-state index in [4.69, 9.17) is 16.3 Å². The van der Waals surface area contributed by atoms with Crippen LogP contribution in [0.15, 0.2) is 54.6 Å². The lowest BCUT2D eigenvalue weighted by molar-refractivity contribution is 0.340. The molecule has 0 aliphatic heterocycles. The standard InChI is InChI=1S/C20H18ClN5O/c1-3-27-17-10-8-16(9-11-17)23-18-12-13(2)22-20-24-19(25-26(18)20)14-4-6-15(21)7-5-14/h4-12,23H,3H2,1-2H3. The fraction of sp³-hybridized carbons (Fsp3) is 0.150. The van der Waals surface area contributed by atoms with E-state index in [-0.39, 0.29) is 0 Å². The molecule has 0 atom stereocenters. The molecule has 0 unspecified atom stereocenters. The van der Waals surface area contributed by atoms with Crippen LogP contribution in [0.25, 0.3) is 17.2 Å². The maximum absolute atomic E-state index is 5.97. The Labute approximate surface area is 161 Å². The summed E-state index contributed by atoms with van der Waals surface area (Å²) in [4.78, 5) is 9.04. The minimum Gasteiger partial charge on any atom is -0.494 e. The Balaban J connectivity index is 1.70. The summed E-state index contributed by atoms with van der Waals surface area (Å²) in [5.41, 5.74) is 2.66. The van der Waals surface area contributed by atoms with E-state index in [1.165, 1.54) is 0 Å². The van der Waals surface area contributed by atoms with Gasteiger partial charge in [-0.25, -0.2) is 4.98 Å². The number of hydrogen-bond donors (Lipinski definition) is 1. The summed E-state index contributed by atoms with van der Waals surface area (Å²) in [6.07, 6.45) is 0. The monoisotopic (exact) mass is 379 g/mol. The Morgan fingerprint density at radius 2 is 1.78 bits per heavy atom. The van der Waals surface area contributed by atoms with E-state index in [1.807, 2.05) is 68.4 Å². The first-order valence-electron chi connectivity index (χ1n) is 8.62. The molecule has 0 spiro atoms. The Kier molecular flexibility index (Phi) is 4.64. The van der Waals surface area contributed by atoms with Crippen molar-refractivity contribution in [3.8, 4) is 17.1 Å². The van der Waals surface area contributed by atoms with Gasteiger partial charge in [0.25, 0.3) is 5.78 Å². The van der Waals surface area contributed by atoms with Crippen molar-refractivity contribution < 1.29 is 4.74 Å². The zero-order valence-corrected chi connectivity index (χ0v) is 15.7. The van der Waals surface area contributed by atoms with Gasteiger partial charge in [-0.05, 0) is 62.4 Å². The number of benzene rings is 2. The topological polar surface area (TPSA) is 64.3 Å². The van der Waals surface area contributed by atoms with E-state index in [1.54, 1.807) is 4.52 Å². The lowest BCUT2D eigenvalue weighted by Gasteiger charge is -2.09. The van der Waals surface area contributed by atoms with Crippen molar-refractivity contribution in [1.82, 2.24) is 19.6 Å². The molecule has 136 valence electrons. The van der Waals surface area contributed by atoms with Gasteiger partial charge in [-0.2, -0.15) is 9.50 Å². The molecule has 7 heteroatoms. The SMILES string of the molecule is CCOc1ccc(Nc2cc(C)nc3nc(-c4ccc(Cl)cc4)nn23)cc1. The van der Waals surface area contributed by atoms with Crippen LogP contribution in [0.2, 0.25) is 5.02 Å². The molecule has 2 heterocycles. The van der Waals surface area contributed by atoms with Gasteiger partial charge in [0.05, 0.1) is 6.61 Å². The predicted octanol–water partition coefficient (Wildman–Crippen LogP) is 4.90. The van der Waals surface area contributed by atoms with Crippen molar-refractivity contribution in [3.63, 3.8) is 0 Å². The molecular formula is C20H18ClN5O. The minimum absolute atomic E-state index is 0.536. The fourth-order valence-electron chi connectivity index (χ4n) is 2.75. The first kappa shape index (κ1) is 17.3. The number of aromatic nitrogens is 4. The number of nitrogens with one attached hydrogen (secondary N) is 1. The van der Waals surface area contributed by atoms with E-state index in [9.17, 15) is 0 Å². The lowest BCUT2D eigenvalue weighted by atomic mass is 10.2. The third-order valence-electron chi connectivity index (χ3n) is 3.98. The summed E-state index contributed by atoms with van der Waals surface area (Å²) < 4.78 is 7.19. The number of ether oxygens (including phenoxy) is 1. The van der Waals surface area contributed by atoms with Gasteiger partial charge in [-0.15, -0.1) is 5.10 Å². The Hall–Kier alpha value is -3.12. The molecule has 0 saturated carbocycles. The molecule has 4 rings (SSSR count). The molecule has 27 heavy (non-hydrogen) atoms. The highest BCUT2D eigenvalue weighted by Crippen LogP contribution is 2.23. The van der Waals surface area contributed by atoms with Gasteiger partial charge in [-0.1, -0.05) is 11.6 Å². The second-order valence-electron chi connectivity index (χ2n) is 6.02. The number of rotatable bonds is 5. The third-order valence-corrected chi connectivity index (χ3v) is 4.23. The molecule has 6 nitrogen and oxygen atoms in total. The maximum Gasteiger partial charge on any atom is 0.254 e. The molecule has 1 N–H and O–H groups in total. The smallest absolute Gasteiger partial charge is 0.254 e. The number of nitrogens with zero attached hydrogens (tertiary/aromatic N) is 4. The van der Waals surface area contributed by atoms with Crippen LogP contribution in [0.3, 0.4) is 0 Å². The summed E-state index contributed by atoms with van der Waals surface area (Å²) >= 11 is 5.97. The molecule has 0 fully saturated rings. The van der Waals surface area contributed by atoms with Gasteiger partial charge in [-0.3, -0.25) is 0 Å². The predicted molar refractivity (Wildman–Crippen MR) is 107 cm³/mol. The Morgan fingerprint density at radius 3 is 2.48 bits per heavy atom. The van der Waals surface area contributed by atoms with Crippen molar-refractivity contribution in [2.45, 2.75) is 13.8 Å². The van der Waals surface area contributed by atoms with E-state index in [0.29, 0.717) is 23.2 Å². The summed E-state index contributed by atoms with van der Waals surface area (Å²) in [5.74, 6) is 2.76. The van der Waals surface area contributed by atoms with Crippen molar-refractivity contribution in [2.24, 2.45) is 0 Å². The highest BCUT2D eigenvalue weighted by molar-refractivity contribution is 6.30. The largest absolute Gasteiger partial charge is 0.494 e. The second kappa shape index (κ2) is 7.25. The van der Waals surface area contributed by atoms with Crippen LogP contribution >= 0.6 is 11.6 Å². The molecule has 0 aliphatic rings. The third kappa shape index (κ3) is 3.71. The van der Waals surface area contributed by atoms with E-state index < -0.39 is 0 Å². The molecule has 4 aromatic rings. The van der Waals surface area contributed by atoms with Crippen molar-refractivity contribution in [2.75, 3.05) is 11.9 Å². The zero-order valence-electron chi connectivity index (χ0n) is 15.0. The van der Waals surface area contributed by atoms with Crippen LogP contribution in [0.5, 0.6) is 5.75 Å². The summed E-state index contributed by atoms with van der Waals surface area (Å²) in [6.45, 7) is 4.54. The summed E-state index contributed by atoms with van der Waals surface area (Å²) in [5, 5.41) is 8.66. The van der Waals surface area contributed by atoms with Crippen LogP contribution in [-0.2, 0) is 0 Å². The summed E-state index contributed by atoms with van der Waals surface area (Å²) in [6, 6.07) is 17.1. The van der Waals surface area contributed by atoms with Crippen molar-refractivity contribution in [1.29, 1.82) is 0 Å². The van der Waals surface area contributed by atoms with E-state index in [0.717, 1.165) is 28.5 Å². The first-order valence-corrected chi connectivity index (χ1v) is 9.00. The number of aryl methyl sites for hydroxylation is 1. The van der Waals surface area contributed by atoms with Gasteiger partial charge in [0.2, 0.25) is 0 Å². The maximum atomic E-state index is 5.97. The van der Waals surface area contributed by atoms with E-state index >= 15 is 0 Å². The molecule has 0 bridgehead atoms. The highest BCUT2D eigenvalue weighted by Gasteiger charge is 2.12. The molecular weight excluding hydrogens is 362 g/mol. The van der Waals surface area contributed by atoms with Gasteiger partial charge >= 0.3 is 0 Å². The summed E-state index contributed by atoms with van der Waals surface area (Å²) in [7, 11) is 0. The number of halogens is 1. The van der Waals surface area contributed by atoms with Crippen LogP contribution < -0.4 is 10.1 Å². The van der Waals surface area contributed by atoms with E-state index in [2.05, 4.69) is 20.4 Å². The minimum atomic E-state index is 0.536. The normalized spacial score (nSPS) is 10.9. The molecule has 0 aliphatic carbocycles. The van der Waals surface area contributed by atoms with Crippen LogP contribution in [0, 0.1) is 6.92 Å². The lowest BCUT2D eigenvalue weighted by Crippen LogP contribution is -2.02. The average Bonchev–Trinajstić information content (AvgIpc) is 3.08. The van der Waals surface area contributed by atoms with Crippen LogP contribution in [0.4, 0.5) is 11.5 Å². The molecule has 0 amide bonds. The first-order chi connectivity index (χ1) is 13.1. The number of anilines is 2. The fourth-order valence-corrected chi connectivity index (χ4v) is 2.87. The Bertz CT molecular complexity index is 1070. The van der Waals surface area contributed by atoms with Crippen LogP contribution in [-0.4, -0.2) is 26.2 Å².